The third kappa shape index (κ3) is 3.66. The van der Waals surface area contributed by atoms with Gasteiger partial charge in [0.1, 0.15) is 5.82 Å². The monoisotopic (exact) mass is 295 g/mol. The number of aromatic nitrogens is 1. The van der Waals surface area contributed by atoms with Gasteiger partial charge in [-0.05, 0) is 49.1 Å². The number of hydrogen-bond donors (Lipinski definition) is 1. The van der Waals surface area contributed by atoms with Crippen molar-refractivity contribution in [3.63, 3.8) is 0 Å². The zero-order valence-electron chi connectivity index (χ0n) is 13.5. The highest BCUT2D eigenvalue weighted by Gasteiger charge is 2.26. The van der Waals surface area contributed by atoms with Crippen molar-refractivity contribution < 1.29 is 0 Å². The standard InChI is InChI=1S/C19H25N3/c1-15(2)14-22-12-6-9-18(22)16-10-11-19(20-13-16)21-17-7-4-3-5-8-17/h3-5,7-8,10-11,13,15,18H,6,9,12,14H2,1-2H3,(H,20,21). The quantitative estimate of drug-likeness (QED) is 0.872. The van der Waals surface area contributed by atoms with E-state index < -0.39 is 0 Å². The molecular formula is C19H25N3. The first-order chi connectivity index (χ1) is 10.7. The van der Waals surface area contributed by atoms with E-state index in [0.29, 0.717) is 12.0 Å². The zero-order chi connectivity index (χ0) is 15.4. The minimum atomic E-state index is 0.542. The van der Waals surface area contributed by atoms with Crippen LogP contribution in [0.5, 0.6) is 0 Å². The molecule has 1 unspecified atom stereocenters. The summed E-state index contributed by atoms with van der Waals surface area (Å²) in [6.45, 7) is 6.97. The van der Waals surface area contributed by atoms with E-state index in [1.807, 2.05) is 24.4 Å². The Morgan fingerprint density at radius 2 is 2.00 bits per heavy atom. The van der Waals surface area contributed by atoms with Crippen molar-refractivity contribution in [3.8, 4) is 0 Å². The van der Waals surface area contributed by atoms with Crippen LogP contribution in [0.15, 0.2) is 48.7 Å². The van der Waals surface area contributed by atoms with E-state index in [4.69, 9.17) is 0 Å². The third-order valence-corrected chi connectivity index (χ3v) is 4.18. The summed E-state index contributed by atoms with van der Waals surface area (Å²) >= 11 is 0. The molecule has 2 aromatic rings. The van der Waals surface area contributed by atoms with Gasteiger partial charge in [-0.3, -0.25) is 4.90 Å². The molecule has 1 aromatic heterocycles. The van der Waals surface area contributed by atoms with Crippen LogP contribution in [0.25, 0.3) is 0 Å². The van der Waals surface area contributed by atoms with E-state index in [2.05, 4.69) is 53.3 Å². The van der Waals surface area contributed by atoms with E-state index in [0.717, 1.165) is 11.5 Å². The number of nitrogens with one attached hydrogen (secondary N) is 1. The predicted molar refractivity (Wildman–Crippen MR) is 92.3 cm³/mol. The summed E-state index contributed by atoms with van der Waals surface area (Å²) in [5.74, 6) is 1.62. The van der Waals surface area contributed by atoms with Crippen molar-refractivity contribution in [1.82, 2.24) is 9.88 Å². The number of pyridine rings is 1. The predicted octanol–water partition coefficient (Wildman–Crippen LogP) is 4.62. The maximum absolute atomic E-state index is 4.59. The van der Waals surface area contributed by atoms with Crippen molar-refractivity contribution in [2.75, 3.05) is 18.4 Å². The number of rotatable bonds is 5. The van der Waals surface area contributed by atoms with E-state index >= 15 is 0 Å². The Kier molecular flexibility index (Phi) is 4.74. The number of nitrogens with zero attached hydrogens (tertiary/aromatic N) is 2. The lowest BCUT2D eigenvalue weighted by Crippen LogP contribution is -2.27. The van der Waals surface area contributed by atoms with E-state index in [-0.39, 0.29) is 0 Å². The molecule has 0 spiro atoms. The summed E-state index contributed by atoms with van der Waals surface area (Å²) in [5, 5.41) is 3.34. The Labute approximate surface area is 133 Å². The van der Waals surface area contributed by atoms with Crippen LogP contribution in [0.2, 0.25) is 0 Å². The third-order valence-electron chi connectivity index (χ3n) is 4.18. The van der Waals surface area contributed by atoms with Crippen LogP contribution in [0.3, 0.4) is 0 Å². The average molecular weight is 295 g/mol. The Hall–Kier alpha value is -1.87. The molecule has 1 saturated heterocycles. The summed E-state index contributed by atoms with van der Waals surface area (Å²) < 4.78 is 0. The van der Waals surface area contributed by atoms with Gasteiger partial charge >= 0.3 is 0 Å². The topological polar surface area (TPSA) is 28.2 Å². The first kappa shape index (κ1) is 15.0. The van der Waals surface area contributed by atoms with Crippen molar-refractivity contribution in [2.45, 2.75) is 32.7 Å². The normalized spacial score (nSPS) is 18.8. The second kappa shape index (κ2) is 6.93. The van der Waals surface area contributed by atoms with Crippen LogP contribution in [0.1, 0.15) is 38.3 Å². The molecule has 0 amide bonds. The molecule has 22 heavy (non-hydrogen) atoms. The molecular weight excluding hydrogens is 270 g/mol. The fraction of sp³-hybridized carbons (Fsp3) is 0.421. The summed E-state index contributed by atoms with van der Waals surface area (Å²) in [4.78, 5) is 7.20. The fourth-order valence-electron chi connectivity index (χ4n) is 3.24. The number of likely N-dealkylation sites (tertiary alicyclic amines) is 1. The molecule has 1 aliphatic heterocycles. The van der Waals surface area contributed by atoms with Crippen molar-refractivity contribution in [2.24, 2.45) is 5.92 Å². The van der Waals surface area contributed by atoms with Gasteiger partial charge in [-0.1, -0.05) is 38.1 Å². The molecule has 0 saturated carbocycles. The smallest absolute Gasteiger partial charge is 0.130 e. The summed E-state index contributed by atoms with van der Waals surface area (Å²) in [7, 11) is 0. The Morgan fingerprint density at radius 1 is 1.18 bits per heavy atom. The van der Waals surface area contributed by atoms with E-state index in [1.54, 1.807) is 0 Å². The van der Waals surface area contributed by atoms with Gasteiger partial charge in [0.2, 0.25) is 0 Å². The highest BCUT2D eigenvalue weighted by Crippen LogP contribution is 2.32. The van der Waals surface area contributed by atoms with Gasteiger partial charge in [-0.25, -0.2) is 4.98 Å². The van der Waals surface area contributed by atoms with Gasteiger partial charge in [0, 0.05) is 24.5 Å². The van der Waals surface area contributed by atoms with Gasteiger partial charge in [0.05, 0.1) is 0 Å². The molecule has 2 heterocycles. The van der Waals surface area contributed by atoms with Crippen molar-refractivity contribution in [3.05, 3.63) is 54.2 Å². The van der Waals surface area contributed by atoms with Gasteiger partial charge in [-0.15, -0.1) is 0 Å². The number of benzene rings is 1. The zero-order valence-corrected chi connectivity index (χ0v) is 13.5. The molecule has 1 fully saturated rings. The SMILES string of the molecule is CC(C)CN1CCCC1c1ccc(Nc2ccccc2)nc1. The molecule has 1 atom stereocenters. The van der Waals surface area contributed by atoms with Gasteiger partial charge in [-0.2, -0.15) is 0 Å². The van der Waals surface area contributed by atoms with Crippen LogP contribution in [0.4, 0.5) is 11.5 Å². The van der Waals surface area contributed by atoms with Crippen LogP contribution in [0, 0.1) is 5.92 Å². The fourth-order valence-corrected chi connectivity index (χ4v) is 3.24. The molecule has 0 bridgehead atoms. The lowest BCUT2D eigenvalue weighted by molar-refractivity contribution is 0.228. The molecule has 3 rings (SSSR count). The van der Waals surface area contributed by atoms with Gasteiger partial charge < -0.3 is 5.32 Å². The number of hydrogen-bond acceptors (Lipinski definition) is 3. The molecule has 0 radical (unpaired) electrons. The Bertz CT molecular complexity index is 577. The average Bonchev–Trinajstić information content (AvgIpc) is 2.96. The highest BCUT2D eigenvalue weighted by atomic mass is 15.2. The van der Waals surface area contributed by atoms with Crippen LogP contribution in [-0.4, -0.2) is 23.0 Å². The first-order valence-corrected chi connectivity index (χ1v) is 8.24. The minimum absolute atomic E-state index is 0.542. The minimum Gasteiger partial charge on any atom is -0.340 e. The number of anilines is 2. The highest BCUT2D eigenvalue weighted by molar-refractivity contribution is 5.55. The van der Waals surface area contributed by atoms with Crippen LogP contribution < -0.4 is 5.32 Å². The molecule has 3 nitrogen and oxygen atoms in total. The first-order valence-electron chi connectivity index (χ1n) is 8.24. The van der Waals surface area contributed by atoms with E-state index in [9.17, 15) is 0 Å². The van der Waals surface area contributed by atoms with Crippen molar-refractivity contribution in [1.29, 1.82) is 0 Å². The second-order valence-corrected chi connectivity index (χ2v) is 6.51. The summed E-state index contributed by atoms with van der Waals surface area (Å²) in [6.07, 6.45) is 4.58. The second-order valence-electron chi connectivity index (χ2n) is 6.51. The number of para-hydroxylation sites is 1. The summed E-state index contributed by atoms with van der Waals surface area (Å²) in [6, 6.07) is 15.0. The molecule has 116 valence electrons. The molecule has 1 N–H and O–H groups in total. The lowest BCUT2D eigenvalue weighted by atomic mass is 10.1. The summed E-state index contributed by atoms with van der Waals surface area (Å²) in [5.41, 5.74) is 2.42. The molecule has 1 aliphatic rings. The van der Waals surface area contributed by atoms with Crippen molar-refractivity contribution >= 4 is 11.5 Å². The molecule has 0 aliphatic carbocycles. The molecule has 1 aromatic carbocycles. The van der Waals surface area contributed by atoms with Crippen LogP contribution >= 0.6 is 0 Å². The molecule has 3 heteroatoms. The maximum Gasteiger partial charge on any atom is 0.130 e. The maximum atomic E-state index is 4.59. The van der Waals surface area contributed by atoms with Gasteiger partial charge in [0.25, 0.3) is 0 Å². The van der Waals surface area contributed by atoms with E-state index in [1.165, 1.54) is 31.5 Å². The Balaban J connectivity index is 1.68. The largest absolute Gasteiger partial charge is 0.340 e. The van der Waals surface area contributed by atoms with Crippen LogP contribution in [-0.2, 0) is 0 Å². The Morgan fingerprint density at radius 3 is 2.68 bits per heavy atom. The lowest BCUT2D eigenvalue weighted by Gasteiger charge is -2.26. The van der Waals surface area contributed by atoms with Gasteiger partial charge in [0.15, 0.2) is 0 Å².